The largest absolute Gasteiger partial charge is 0.489 e. The zero-order chi connectivity index (χ0) is 18.4. The summed E-state index contributed by atoms with van der Waals surface area (Å²) in [4.78, 5) is 12.8. The maximum absolute atomic E-state index is 10.8. The Labute approximate surface area is 161 Å². The van der Waals surface area contributed by atoms with Gasteiger partial charge in [0.2, 0.25) is 0 Å². The van der Waals surface area contributed by atoms with Gasteiger partial charge in [0.1, 0.15) is 12.4 Å². The second kappa shape index (κ2) is 8.79. The molecule has 0 aliphatic heterocycles. The summed E-state index contributed by atoms with van der Waals surface area (Å²) >= 11 is 7.74. The number of carboxylic acids is 1. The topological polar surface area (TPSA) is 46.5 Å². The van der Waals surface area contributed by atoms with Crippen LogP contribution in [0.15, 0.2) is 82.6 Å². The summed E-state index contributed by atoms with van der Waals surface area (Å²) in [6.07, 6.45) is -0.0768. The van der Waals surface area contributed by atoms with Crippen LogP contribution in [0.2, 0.25) is 5.02 Å². The molecule has 0 atom stereocenters. The first-order chi connectivity index (χ1) is 12.6. The lowest BCUT2D eigenvalue weighted by Gasteiger charge is -2.09. The Morgan fingerprint density at radius 2 is 1.73 bits per heavy atom. The monoisotopic (exact) mass is 384 g/mol. The number of ether oxygens (including phenoxy) is 1. The van der Waals surface area contributed by atoms with E-state index in [0.717, 1.165) is 21.1 Å². The number of hydrogen-bond acceptors (Lipinski definition) is 3. The summed E-state index contributed by atoms with van der Waals surface area (Å²) < 4.78 is 5.85. The van der Waals surface area contributed by atoms with Crippen LogP contribution in [0.3, 0.4) is 0 Å². The molecule has 0 bridgehead atoms. The van der Waals surface area contributed by atoms with E-state index >= 15 is 0 Å². The lowest BCUT2D eigenvalue weighted by molar-refractivity contribution is -0.136. The molecule has 0 aliphatic rings. The van der Waals surface area contributed by atoms with E-state index in [4.69, 9.17) is 21.4 Å². The van der Waals surface area contributed by atoms with Crippen molar-refractivity contribution in [3.8, 4) is 5.75 Å². The van der Waals surface area contributed by atoms with Gasteiger partial charge in [-0.25, -0.2) is 0 Å². The predicted octanol–water partition coefficient (Wildman–Crippen LogP) is 5.70. The molecule has 5 heteroatoms. The summed E-state index contributed by atoms with van der Waals surface area (Å²) in [6, 6.07) is 23.3. The van der Waals surface area contributed by atoms with E-state index < -0.39 is 5.97 Å². The third-order valence-electron chi connectivity index (χ3n) is 3.66. The summed E-state index contributed by atoms with van der Waals surface area (Å²) in [7, 11) is 0. The minimum absolute atomic E-state index is 0.0768. The van der Waals surface area contributed by atoms with E-state index in [1.165, 1.54) is 0 Å². The standard InChI is InChI=1S/C21H17ClO3S/c22-20-13-19(10-9-16(20)11-21(23)24)26-18-8-4-7-17(12-18)25-14-15-5-2-1-3-6-15/h1-10,12-13H,11,14H2,(H,23,24). The fourth-order valence-corrected chi connectivity index (χ4v) is 3.62. The molecule has 3 aromatic rings. The van der Waals surface area contributed by atoms with Crippen molar-refractivity contribution in [1.82, 2.24) is 0 Å². The van der Waals surface area contributed by atoms with Crippen molar-refractivity contribution in [3.63, 3.8) is 0 Å². The maximum Gasteiger partial charge on any atom is 0.307 e. The molecule has 0 saturated heterocycles. The van der Waals surface area contributed by atoms with Crippen molar-refractivity contribution < 1.29 is 14.6 Å². The van der Waals surface area contributed by atoms with Crippen molar-refractivity contribution in [2.75, 3.05) is 0 Å². The molecular formula is C21H17ClO3S. The zero-order valence-corrected chi connectivity index (χ0v) is 15.5. The van der Waals surface area contributed by atoms with E-state index in [0.29, 0.717) is 17.2 Å². The fraction of sp³-hybridized carbons (Fsp3) is 0.0952. The van der Waals surface area contributed by atoms with Crippen LogP contribution in [0.5, 0.6) is 5.75 Å². The fourth-order valence-electron chi connectivity index (χ4n) is 2.40. The average molecular weight is 385 g/mol. The summed E-state index contributed by atoms with van der Waals surface area (Å²) in [5.41, 5.74) is 1.73. The van der Waals surface area contributed by atoms with Crippen LogP contribution in [-0.2, 0) is 17.8 Å². The van der Waals surface area contributed by atoms with Gasteiger partial charge in [0, 0.05) is 14.8 Å². The second-order valence-electron chi connectivity index (χ2n) is 5.67. The smallest absolute Gasteiger partial charge is 0.307 e. The van der Waals surface area contributed by atoms with Crippen LogP contribution >= 0.6 is 23.4 Å². The lowest BCUT2D eigenvalue weighted by Crippen LogP contribution is -2.00. The molecule has 0 aromatic heterocycles. The minimum atomic E-state index is -0.893. The molecule has 0 radical (unpaired) electrons. The van der Waals surface area contributed by atoms with Crippen molar-refractivity contribution in [3.05, 3.63) is 88.9 Å². The van der Waals surface area contributed by atoms with Gasteiger partial charge in [-0.05, 0) is 41.5 Å². The van der Waals surface area contributed by atoms with Gasteiger partial charge in [-0.15, -0.1) is 0 Å². The quantitative estimate of drug-likeness (QED) is 0.567. The molecule has 0 spiro atoms. The van der Waals surface area contributed by atoms with Crippen LogP contribution < -0.4 is 4.74 Å². The van der Waals surface area contributed by atoms with Gasteiger partial charge in [0.15, 0.2) is 0 Å². The number of benzene rings is 3. The highest BCUT2D eigenvalue weighted by molar-refractivity contribution is 7.99. The first-order valence-corrected chi connectivity index (χ1v) is 9.24. The van der Waals surface area contributed by atoms with Gasteiger partial charge in [0.05, 0.1) is 6.42 Å². The van der Waals surface area contributed by atoms with E-state index in [1.807, 2.05) is 60.7 Å². The second-order valence-corrected chi connectivity index (χ2v) is 7.23. The van der Waals surface area contributed by atoms with E-state index in [9.17, 15) is 4.79 Å². The van der Waals surface area contributed by atoms with Gasteiger partial charge in [-0.2, -0.15) is 0 Å². The van der Waals surface area contributed by atoms with Crippen LogP contribution in [0, 0.1) is 0 Å². The predicted molar refractivity (Wildman–Crippen MR) is 104 cm³/mol. The summed E-state index contributed by atoms with van der Waals surface area (Å²) in [6.45, 7) is 0.519. The molecule has 1 N–H and O–H groups in total. The summed E-state index contributed by atoms with van der Waals surface area (Å²) in [5.74, 6) is -0.0944. The highest BCUT2D eigenvalue weighted by Crippen LogP contribution is 2.33. The molecule has 3 rings (SSSR count). The molecule has 0 fully saturated rings. The number of aliphatic carboxylic acids is 1. The maximum atomic E-state index is 10.8. The Hall–Kier alpha value is -2.43. The highest BCUT2D eigenvalue weighted by Gasteiger charge is 2.08. The summed E-state index contributed by atoms with van der Waals surface area (Å²) in [5, 5.41) is 9.35. The Balaban J connectivity index is 1.66. The molecular weight excluding hydrogens is 368 g/mol. The van der Waals surface area contributed by atoms with Gasteiger partial charge in [-0.1, -0.05) is 65.8 Å². The first-order valence-electron chi connectivity index (χ1n) is 8.05. The third-order valence-corrected chi connectivity index (χ3v) is 4.99. The van der Waals surface area contributed by atoms with Crippen molar-refractivity contribution in [2.24, 2.45) is 0 Å². The van der Waals surface area contributed by atoms with Crippen LogP contribution in [0.4, 0.5) is 0 Å². The number of carbonyl (C=O) groups is 1. The zero-order valence-electron chi connectivity index (χ0n) is 13.9. The van der Waals surface area contributed by atoms with Gasteiger partial charge < -0.3 is 9.84 Å². The number of rotatable bonds is 7. The van der Waals surface area contributed by atoms with Gasteiger partial charge in [-0.3, -0.25) is 4.79 Å². The van der Waals surface area contributed by atoms with Gasteiger partial charge in [0.25, 0.3) is 0 Å². The molecule has 3 aromatic carbocycles. The van der Waals surface area contributed by atoms with E-state index in [1.54, 1.807) is 23.9 Å². The minimum Gasteiger partial charge on any atom is -0.489 e. The molecule has 3 nitrogen and oxygen atoms in total. The van der Waals surface area contributed by atoms with E-state index in [2.05, 4.69) is 0 Å². The number of halogens is 1. The molecule has 26 heavy (non-hydrogen) atoms. The highest BCUT2D eigenvalue weighted by atomic mass is 35.5. The van der Waals surface area contributed by atoms with Crippen molar-refractivity contribution in [1.29, 1.82) is 0 Å². The van der Waals surface area contributed by atoms with Crippen molar-refractivity contribution in [2.45, 2.75) is 22.8 Å². The Bertz CT molecular complexity index is 897. The molecule has 132 valence electrons. The Morgan fingerprint density at radius 3 is 2.46 bits per heavy atom. The SMILES string of the molecule is O=C(O)Cc1ccc(Sc2cccc(OCc3ccccc3)c2)cc1Cl. The van der Waals surface area contributed by atoms with Crippen LogP contribution in [-0.4, -0.2) is 11.1 Å². The first kappa shape index (κ1) is 18.4. The third kappa shape index (κ3) is 5.28. The van der Waals surface area contributed by atoms with Gasteiger partial charge >= 0.3 is 5.97 Å². The Morgan fingerprint density at radius 1 is 0.962 bits per heavy atom. The Kier molecular flexibility index (Phi) is 6.21. The van der Waals surface area contributed by atoms with Crippen LogP contribution in [0.1, 0.15) is 11.1 Å². The number of hydrogen-bond donors (Lipinski definition) is 1. The van der Waals surface area contributed by atoms with Crippen LogP contribution in [0.25, 0.3) is 0 Å². The number of carboxylic acid groups (broad SMARTS) is 1. The molecule has 0 amide bonds. The van der Waals surface area contributed by atoms with E-state index in [-0.39, 0.29) is 6.42 Å². The van der Waals surface area contributed by atoms with Crippen molar-refractivity contribution >= 4 is 29.3 Å². The lowest BCUT2D eigenvalue weighted by atomic mass is 10.1. The molecule has 0 heterocycles. The molecule has 0 saturated carbocycles. The normalized spacial score (nSPS) is 10.5. The average Bonchev–Trinajstić information content (AvgIpc) is 2.63. The molecule has 0 aliphatic carbocycles. The molecule has 0 unspecified atom stereocenters.